The quantitative estimate of drug-likeness (QED) is 0.826. The Bertz CT molecular complexity index is 552. The molecule has 0 N–H and O–H groups in total. The Balaban J connectivity index is 1.52. The van der Waals surface area contributed by atoms with Gasteiger partial charge in [0.1, 0.15) is 6.10 Å². The summed E-state index contributed by atoms with van der Waals surface area (Å²) >= 11 is 0. The number of imidazole rings is 1. The number of carbonyl (C=O) groups is 2. The van der Waals surface area contributed by atoms with E-state index in [1.807, 2.05) is 17.4 Å². The number of likely N-dealkylation sites (tertiary alicyclic amines) is 2. The molecule has 1 unspecified atom stereocenters. The first kappa shape index (κ1) is 17.0. The lowest BCUT2D eigenvalue weighted by Gasteiger charge is -2.34. The Morgan fingerprint density at radius 1 is 1.25 bits per heavy atom. The van der Waals surface area contributed by atoms with Crippen molar-refractivity contribution in [1.82, 2.24) is 19.4 Å². The number of aromatic nitrogens is 2. The van der Waals surface area contributed by atoms with Crippen LogP contribution in [0.2, 0.25) is 0 Å². The summed E-state index contributed by atoms with van der Waals surface area (Å²) in [7, 11) is 1.56. The molecule has 0 radical (unpaired) electrons. The van der Waals surface area contributed by atoms with Crippen molar-refractivity contribution in [1.29, 1.82) is 0 Å². The number of piperidine rings is 1. The monoisotopic (exact) mass is 334 g/mol. The minimum atomic E-state index is -0.396. The lowest BCUT2D eigenvalue weighted by Crippen LogP contribution is -2.48. The molecule has 132 valence electrons. The van der Waals surface area contributed by atoms with E-state index in [1.54, 1.807) is 18.2 Å². The zero-order chi connectivity index (χ0) is 16.9. The van der Waals surface area contributed by atoms with Crippen LogP contribution in [0.25, 0.3) is 0 Å². The Hall–Kier alpha value is -1.89. The molecular weight excluding hydrogens is 308 g/mol. The van der Waals surface area contributed by atoms with Crippen LogP contribution in [0.5, 0.6) is 0 Å². The minimum absolute atomic E-state index is 0.0448. The molecule has 2 fully saturated rings. The second-order valence-electron chi connectivity index (χ2n) is 6.60. The molecule has 0 bridgehead atoms. The van der Waals surface area contributed by atoms with Gasteiger partial charge in [-0.15, -0.1) is 0 Å². The number of nitrogens with zero attached hydrogens (tertiary/aromatic N) is 4. The Kier molecular flexibility index (Phi) is 5.50. The first-order valence-corrected chi connectivity index (χ1v) is 8.76. The maximum Gasteiger partial charge on any atom is 0.252 e. The van der Waals surface area contributed by atoms with Gasteiger partial charge in [0.15, 0.2) is 0 Å². The predicted octanol–water partition coefficient (Wildman–Crippen LogP) is 1.07. The number of methoxy groups -OCH3 is 1. The molecule has 7 nitrogen and oxygen atoms in total. The van der Waals surface area contributed by atoms with Crippen LogP contribution < -0.4 is 0 Å². The zero-order valence-electron chi connectivity index (χ0n) is 14.3. The Morgan fingerprint density at radius 3 is 2.71 bits per heavy atom. The Morgan fingerprint density at radius 2 is 2.04 bits per heavy atom. The van der Waals surface area contributed by atoms with Crippen LogP contribution in [-0.4, -0.2) is 70.6 Å². The maximum atomic E-state index is 12.6. The van der Waals surface area contributed by atoms with Crippen LogP contribution >= 0.6 is 0 Å². The highest BCUT2D eigenvalue weighted by molar-refractivity contribution is 5.87. The molecule has 0 aromatic carbocycles. The smallest absolute Gasteiger partial charge is 0.252 e. The summed E-state index contributed by atoms with van der Waals surface area (Å²) in [6, 6.07) is 0.411. The summed E-state index contributed by atoms with van der Waals surface area (Å²) in [5.74, 6) is 0.000774. The fourth-order valence-corrected chi connectivity index (χ4v) is 3.61. The van der Waals surface area contributed by atoms with Crippen molar-refractivity contribution < 1.29 is 14.3 Å². The lowest BCUT2D eigenvalue weighted by molar-refractivity contribution is -0.147. The van der Waals surface area contributed by atoms with Gasteiger partial charge in [0, 0.05) is 45.2 Å². The molecule has 7 heteroatoms. The van der Waals surface area contributed by atoms with Gasteiger partial charge in [-0.3, -0.25) is 9.59 Å². The van der Waals surface area contributed by atoms with Crippen molar-refractivity contribution in [2.24, 2.45) is 0 Å². The molecule has 2 aliphatic rings. The second kappa shape index (κ2) is 7.79. The molecule has 0 saturated carbocycles. The fourth-order valence-electron chi connectivity index (χ4n) is 3.61. The van der Waals surface area contributed by atoms with Crippen LogP contribution in [0, 0.1) is 0 Å². The number of rotatable bonds is 4. The average molecular weight is 334 g/mol. The van der Waals surface area contributed by atoms with E-state index in [4.69, 9.17) is 4.74 Å². The number of carbonyl (C=O) groups excluding carboxylic acids is 2. The fraction of sp³-hybridized carbons (Fsp3) is 0.706. The van der Waals surface area contributed by atoms with Gasteiger partial charge in [0.2, 0.25) is 5.91 Å². The minimum Gasteiger partial charge on any atom is -0.372 e. The van der Waals surface area contributed by atoms with Crippen molar-refractivity contribution in [2.45, 2.75) is 44.2 Å². The van der Waals surface area contributed by atoms with Crippen molar-refractivity contribution in [3.05, 3.63) is 18.7 Å². The highest BCUT2D eigenvalue weighted by Crippen LogP contribution is 2.22. The van der Waals surface area contributed by atoms with E-state index in [9.17, 15) is 9.59 Å². The van der Waals surface area contributed by atoms with Gasteiger partial charge in [0.25, 0.3) is 5.91 Å². The molecule has 3 rings (SSSR count). The number of amides is 2. The molecule has 2 saturated heterocycles. The van der Waals surface area contributed by atoms with Crippen LogP contribution in [0.3, 0.4) is 0 Å². The highest BCUT2D eigenvalue weighted by atomic mass is 16.5. The van der Waals surface area contributed by atoms with Crippen LogP contribution in [0.15, 0.2) is 18.7 Å². The van der Waals surface area contributed by atoms with Crippen molar-refractivity contribution in [3.8, 4) is 0 Å². The highest BCUT2D eigenvalue weighted by Gasteiger charge is 2.30. The molecule has 1 aromatic rings. The lowest BCUT2D eigenvalue weighted by atomic mass is 10.0. The van der Waals surface area contributed by atoms with Crippen LogP contribution in [-0.2, 0) is 14.3 Å². The van der Waals surface area contributed by atoms with Gasteiger partial charge in [-0.1, -0.05) is 0 Å². The first-order valence-electron chi connectivity index (χ1n) is 8.76. The third-order valence-corrected chi connectivity index (χ3v) is 5.11. The van der Waals surface area contributed by atoms with Crippen LogP contribution in [0.4, 0.5) is 0 Å². The topological polar surface area (TPSA) is 67.7 Å². The number of hydrogen-bond donors (Lipinski definition) is 0. The third-order valence-electron chi connectivity index (χ3n) is 5.11. The van der Waals surface area contributed by atoms with E-state index >= 15 is 0 Å². The number of hydrogen-bond acceptors (Lipinski definition) is 4. The second-order valence-corrected chi connectivity index (χ2v) is 6.60. The summed E-state index contributed by atoms with van der Waals surface area (Å²) in [4.78, 5) is 32.6. The van der Waals surface area contributed by atoms with Gasteiger partial charge in [-0.2, -0.15) is 0 Å². The molecule has 0 aliphatic carbocycles. The molecule has 0 spiro atoms. The molecule has 24 heavy (non-hydrogen) atoms. The normalized spacial score (nSPS) is 23.4. The van der Waals surface area contributed by atoms with E-state index < -0.39 is 6.10 Å². The van der Waals surface area contributed by atoms with Gasteiger partial charge >= 0.3 is 0 Å². The first-order chi connectivity index (χ1) is 11.7. The predicted molar refractivity (Wildman–Crippen MR) is 88.3 cm³/mol. The molecular formula is C17H26N4O3. The average Bonchev–Trinajstić information content (AvgIpc) is 3.09. The maximum absolute atomic E-state index is 12.6. The molecule has 2 aliphatic heterocycles. The largest absolute Gasteiger partial charge is 0.372 e. The summed E-state index contributed by atoms with van der Waals surface area (Å²) in [6.45, 7) is 2.29. The van der Waals surface area contributed by atoms with E-state index in [2.05, 4.69) is 9.55 Å². The van der Waals surface area contributed by atoms with E-state index in [-0.39, 0.29) is 18.4 Å². The van der Waals surface area contributed by atoms with E-state index in [1.165, 1.54) is 0 Å². The molecule has 2 amide bonds. The summed E-state index contributed by atoms with van der Waals surface area (Å²) in [6.07, 6.45) is 9.70. The third kappa shape index (κ3) is 3.77. The zero-order valence-corrected chi connectivity index (χ0v) is 14.3. The van der Waals surface area contributed by atoms with Gasteiger partial charge in [-0.05, 0) is 32.1 Å². The Labute approximate surface area is 142 Å². The standard InChI is InChI=1S/C17H26N4O3/c1-24-15-4-2-3-8-20(17(15)23)12-16(22)19-9-5-14(6-10-19)21-11-7-18-13-21/h7,11,13-15H,2-6,8-10,12H2,1H3. The van der Waals surface area contributed by atoms with Crippen LogP contribution in [0.1, 0.15) is 38.1 Å². The van der Waals surface area contributed by atoms with Gasteiger partial charge < -0.3 is 19.1 Å². The van der Waals surface area contributed by atoms with Gasteiger partial charge in [-0.25, -0.2) is 4.98 Å². The van der Waals surface area contributed by atoms with Crippen molar-refractivity contribution in [3.63, 3.8) is 0 Å². The molecule has 1 aromatic heterocycles. The summed E-state index contributed by atoms with van der Waals surface area (Å²) < 4.78 is 7.39. The van der Waals surface area contributed by atoms with Gasteiger partial charge in [0.05, 0.1) is 12.9 Å². The molecule has 1 atom stereocenters. The van der Waals surface area contributed by atoms with E-state index in [0.29, 0.717) is 12.6 Å². The van der Waals surface area contributed by atoms with Crippen molar-refractivity contribution >= 4 is 11.8 Å². The van der Waals surface area contributed by atoms with E-state index in [0.717, 1.165) is 45.2 Å². The summed E-state index contributed by atoms with van der Waals surface area (Å²) in [5.41, 5.74) is 0. The SMILES string of the molecule is COC1CCCCN(CC(=O)N2CCC(n3ccnc3)CC2)C1=O. The molecule has 3 heterocycles. The van der Waals surface area contributed by atoms with Crippen molar-refractivity contribution in [2.75, 3.05) is 33.3 Å². The number of ether oxygens (including phenoxy) is 1. The summed E-state index contributed by atoms with van der Waals surface area (Å²) in [5, 5.41) is 0.